The molecule has 0 atom stereocenters. The van der Waals surface area contributed by atoms with Crippen LogP contribution < -0.4 is 5.32 Å². The molecule has 2 rings (SSSR count). The predicted molar refractivity (Wildman–Crippen MR) is 73.0 cm³/mol. The first-order valence-electron chi connectivity index (χ1n) is 6.28. The molecule has 0 saturated carbocycles. The van der Waals surface area contributed by atoms with Crippen molar-refractivity contribution in [2.24, 2.45) is 0 Å². The molecule has 0 amide bonds. The third-order valence-electron chi connectivity index (χ3n) is 3.20. The van der Waals surface area contributed by atoms with Gasteiger partial charge in [-0.1, -0.05) is 31.2 Å². The number of nitrogens with one attached hydrogen (secondary N) is 1. The highest BCUT2D eigenvalue weighted by Crippen LogP contribution is 2.24. The van der Waals surface area contributed by atoms with E-state index in [0.29, 0.717) is 0 Å². The summed E-state index contributed by atoms with van der Waals surface area (Å²) in [6, 6.07) is 9.09. The number of aryl methyl sites for hydroxylation is 1. The minimum atomic E-state index is 0.868. The third kappa shape index (κ3) is 3.53. The first-order valence-corrected chi connectivity index (χ1v) is 7.33. The fraction of sp³-hybridized carbons (Fsp3) is 0.571. The number of rotatable bonds is 4. The van der Waals surface area contributed by atoms with Crippen LogP contribution in [0.4, 0.5) is 0 Å². The van der Waals surface area contributed by atoms with Crippen LogP contribution in [0.25, 0.3) is 0 Å². The van der Waals surface area contributed by atoms with E-state index in [9.17, 15) is 0 Å². The standard InChI is InChI=1S/C14H21NS/c1-2-12-3-5-13(6-4-12)11-16-14-7-9-15-10-8-14/h3-6,14-15H,2,7-11H2,1H3. The van der Waals surface area contributed by atoms with Gasteiger partial charge in [0.15, 0.2) is 0 Å². The summed E-state index contributed by atoms with van der Waals surface area (Å²) in [7, 11) is 0. The molecular formula is C14H21NS. The Morgan fingerprint density at radius 2 is 1.75 bits per heavy atom. The van der Waals surface area contributed by atoms with Crippen LogP contribution in [0.3, 0.4) is 0 Å². The van der Waals surface area contributed by atoms with Gasteiger partial charge in [0, 0.05) is 11.0 Å². The molecule has 1 heterocycles. The maximum Gasteiger partial charge on any atom is 0.0187 e. The van der Waals surface area contributed by atoms with Crippen molar-refractivity contribution in [3.05, 3.63) is 35.4 Å². The highest BCUT2D eigenvalue weighted by Gasteiger charge is 2.12. The van der Waals surface area contributed by atoms with E-state index in [4.69, 9.17) is 0 Å². The summed E-state index contributed by atoms with van der Waals surface area (Å²) >= 11 is 2.12. The fourth-order valence-electron chi connectivity index (χ4n) is 2.05. The van der Waals surface area contributed by atoms with Crippen molar-refractivity contribution in [2.45, 2.75) is 37.2 Å². The third-order valence-corrected chi connectivity index (χ3v) is 4.65. The van der Waals surface area contributed by atoms with Crippen LogP contribution >= 0.6 is 11.8 Å². The Morgan fingerprint density at radius 3 is 2.38 bits per heavy atom. The fourth-order valence-corrected chi connectivity index (χ4v) is 3.24. The van der Waals surface area contributed by atoms with E-state index in [2.05, 4.69) is 48.3 Å². The zero-order chi connectivity index (χ0) is 11.2. The van der Waals surface area contributed by atoms with Crippen molar-refractivity contribution >= 4 is 11.8 Å². The van der Waals surface area contributed by atoms with Gasteiger partial charge >= 0.3 is 0 Å². The molecule has 1 aliphatic rings. The maximum absolute atomic E-state index is 3.41. The van der Waals surface area contributed by atoms with Crippen molar-refractivity contribution in [1.82, 2.24) is 5.32 Å². The minimum Gasteiger partial charge on any atom is -0.317 e. The Morgan fingerprint density at radius 1 is 1.12 bits per heavy atom. The second-order valence-corrected chi connectivity index (χ2v) is 5.72. The molecule has 1 N–H and O–H groups in total. The monoisotopic (exact) mass is 235 g/mol. The maximum atomic E-state index is 3.41. The number of piperidine rings is 1. The average molecular weight is 235 g/mol. The van der Waals surface area contributed by atoms with E-state index in [-0.39, 0.29) is 0 Å². The molecule has 1 nitrogen and oxygen atoms in total. The number of hydrogen-bond donors (Lipinski definition) is 1. The van der Waals surface area contributed by atoms with E-state index in [0.717, 1.165) is 11.7 Å². The molecule has 1 aliphatic heterocycles. The molecule has 0 aromatic heterocycles. The van der Waals surface area contributed by atoms with Crippen LogP contribution in [-0.4, -0.2) is 18.3 Å². The Kier molecular flexibility index (Phi) is 4.73. The average Bonchev–Trinajstić information content (AvgIpc) is 2.38. The number of benzene rings is 1. The van der Waals surface area contributed by atoms with Crippen LogP contribution in [-0.2, 0) is 12.2 Å². The molecule has 1 saturated heterocycles. The Hall–Kier alpha value is -0.470. The van der Waals surface area contributed by atoms with Gasteiger partial charge in [-0.15, -0.1) is 0 Å². The molecule has 2 heteroatoms. The molecule has 1 aromatic carbocycles. The van der Waals surface area contributed by atoms with Gasteiger partial charge in [0.2, 0.25) is 0 Å². The van der Waals surface area contributed by atoms with Gasteiger partial charge < -0.3 is 5.32 Å². The zero-order valence-corrected chi connectivity index (χ0v) is 10.9. The first kappa shape index (κ1) is 12.0. The van der Waals surface area contributed by atoms with Gasteiger partial charge in [-0.3, -0.25) is 0 Å². The SMILES string of the molecule is CCc1ccc(CSC2CCNCC2)cc1. The Bertz CT molecular complexity index is 301. The summed E-state index contributed by atoms with van der Waals surface area (Å²) in [6.07, 6.45) is 3.80. The lowest BCUT2D eigenvalue weighted by Gasteiger charge is -2.22. The summed E-state index contributed by atoms with van der Waals surface area (Å²) in [4.78, 5) is 0. The van der Waals surface area contributed by atoms with Gasteiger partial charge in [-0.05, 0) is 43.5 Å². The van der Waals surface area contributed by atoms with Gasteiger partial charge in [0.05, 0.1) is 0 Å². The molecular weight excluding hydrogens is 214 g/mol. The second kappa shape index (κ2) is 6.31. The second-order valence-electron chi connectivity index (χ2n) is 4.43. The molecule has 0 bridgehead atoms. The number of hydrogen-bond acceptors (Lipinski definition) is 2. The van der Waals surface area contributed by atoms with E-state index in [1.54, 1.807) is 0 Å². The van der Waals surface area contributed by atoms with Crippen molar-refractivity contribution < 1.29 is 0 Å². The van der Waals surface area contributed by atoms with Crippen molar-refractivity contribution in [1.29, 1.82) is 0 Å². The van der Waals surface area contributed by atoms with E-state index >= 15 is 0 Å². The van der Waals surface area contributed by atoms with E-state index in [1.165, 1.54) is 42.8 Å². The van der Waals surface area contributed by atoms with Crippen LogP contribution in [0.15, 0.2) is 24.3 Å². The first-order chi connectivity index (χ1) is 7.88. The Balaban J connectivity index is 1.79. The molecule has 1 fully saturated rings. The van der Waals surface area contributed by atoms with Crippen LogP contribution in [0, 0.1) is 0 Å². The van der Waals surface area contributed by atoms with Gasteiger partial charge in [0.25, 0.3) is 0 Å². The summed E-state index contributed by atoms with van der Waals surface area (Å²) in [5.74, 6) is 1.18. The Labute approximate surface area is 103 Å². The zero-order valence-electron chi connectivity index (χ0n) is 10.0. The van der Waals surface area contributed by atoms with Crippen LogP contribution in [0.1, 0.15) is 30.9 Å². The molecule has 0 radical (unpaired) electrons. The van der Waals surface area contributed by atoms with E-state index < -0.39 is 0 Å². The predicted octanol–water partition coefficient (Wildman–Crippen LogP) is 3.23. The summed E-state index contributed by atoms with van der Waals surface area (Å²) in [5, 5.41) is 4.28. The quantitative estimate of drug-likeness (QED) is 0.860. The van der Waals surface area contributed by atoms with E-state index in [1.807, 2.05) is 0 Å². The highest BCUT2D eigenvalue weighted by molar-refractivity contribution is 7.99. The van der Waals surface area contributed by atoms with Crippen LogP contribution in [0.5, 0.6) is 0 Å². The largest absolute Gasteiger partial charge is 0.317 e. The smallest absolute Gasteiger partial charge is 0.0187 e. The lowest BCUT2D eigenvalue weighted by molar-refractivity contribution is 0.531. The molecule has 0 spiro atoms. The molecule has 0 aliphatic carbocycles. The normalized spacial score (nSPS) is 17.6. The van der Waals surface area contributed by atoms with Gasteiger partial charge in [-0.25, -0.2) is 0 Å². The molecule has 1 aromatic rings. The highest BCUT2D eigenvalue weighted by atomic mass is 32.2. The van der Waals surface area contributed by atoms with Gasteiger partial charge in [0.1, 0.15) is 0 Å². The van der Waals surface area contributed by atoms with Crippen LogP contribution in [0.2, 0.25) is 0 Å². The minimum absolute atomic E-state index is 0.868. The van der Waals surface area contributed by atoms with Crippen molar-refractivity contribution in [3.8, 4) is 0 Å². The summed E-state index contributed by atoms with van der Waals surface area (Å²) in [6.45, 7) is 4.61. The summed E-state index contributed by atoms with van der Waals surface area (Å²) < 4.78 is 0. The molecule has 0 unspecified atom stereocenters. The lowest BCUT2D eigenvalue weighted by Crippen LogP contribution is -2.29. The topological polar surface area (TPSA) is 12.0 Å². The molecule has 16 heavy (non-hydrogen) atoms. The summed E-state index contributed by atoms with van der Waals surface area (Å²) in [5.41, 5.74) is 2.91. The van der Waals surface area contributed by atoms with Gasteiger partial charge in [-0.2, -0.15) is 11.8 Å². The molecule has 88 valence electrons. The van der Waals surface area contributed by atoms with Crippen molar-refractivity contribution in [2.75, 3.05) is 13.1 Å². The lowest BCUT2D eigenvalue weighted by atomic mass is 10.1. The number of thioether (sulfide) groups is 1. The van der Waals surface area contributed by atoms with Crippen molar-refractivity contribution in [3.63, 3.8) is 0 Å².